The number of nitrogens with zero attached hydrogens (tertiary/aromatic N) is 1. The van der Waals surface area contributed by atoms with Gasteiger partial charge in [-0.1, -0.05) is 6.07 Å². The summed E-state index contributed by atoms with van der Waals surface area (Å²) in [6.45, 7) is 1.83. The largest absolute Gasteiger partial charge is 0.465 e. The SMILES string of the molecule is COC(=O)c1ccc(C)cc1N(C)OS(=O)O. The molecular weight excluding hydrogens is 246 g/mol. The van der Waals surface area contributed by atoms with Crippen LogP contribution in [0.25, 0.3) is 0 Å². The van der Waals surface area contributed by atoms with Crippen molar-refractivity contribution in [3.8, 4) is 0 Å². The zero-order valence-electron chi connectivity index (χ0n) is 9.67. The summed E-state index contributed by atoms with van der Waals surface area (Å²) in [4.78, 5) is 11.5. The van der Waals surface area contributed by atoms with E-state index in [1.54, 1.807) is 18.2 Å². The summed E-state index contributed by atoms with van der Waals surface area (Å²) in [5.41, 5.74) is 1.50. The molecule has 0 saturated heterocycles. The van der Waals surface area contributed by atoms with E-state index in [4.69, 9.17) is 4.55 Å². The van der Waals surface area contributed by atoms with Crippen LogP contribution < -0.4 is 5.06 Å². The number of carbonyl (C=O) groups excluding carboxylic acids is 1. The number of aryl methyl sites for hydroxylation is 1. The van der Waals surface area contributed by atoms with Gasteiger partial charge in [-0.3, -0.25) is 4.55 Å². The van der Waals surface area contributed by atoms with Gasteiger partial charge in [0.1, 0.15) is 0 Å². The number of benzene rings is 1. The van der Waals surface area contributed by atoms with Crippen LogP contribution in [-0.4, -0.2) is 28.9 Å². The second kappa shape index (κ2) is 5.76. The fraction of sp³-hybridized carbons (Fsp3) is 0.300. The fourth-order valence-electron chi connectivity index (χ4n) is 1.32. The van der Waals surface area contributed by atoms with E-state index in [-0.39, 0.29) is 5.56 Å². The van der Waals surface area contributed by atoms with Crippen LogP contribution in [0.3, 0.4) is 0 Å². The van der Waals surface area contributed by atoms with Crippen molar-refractivity contribution in [2.24, 2.45) is 0 Å². The first-order valence-corrected chi connectivity index (χ1v) is 5.71. The Bertz CT molecular complexity index is 448. The normalized spacial score (nSPS) is 12.0. The molecule has 0 amide bonds. The van der Waals surface area contributed by atoms with Gasteiger partial charge in [0, 0.05) is 7.05 Å². The molecule has 0 aliphatic rings. The van der Waals surface area contributed by atoms with Gasteiger partial charge in [-0.2, -0.15) is 4.21 Å². The standard InChI is InChI=1S/C10H13NO5S/c1-7-4-5-8(10(12)15-3)9(6-7)11(2)16-17(13)14/h4-6H,1-3H3,(H,13,14). The van der Waals surface area contributed by atoms with Crippen molar-refractivity contribution in [2.45, 2.75) is 6.92 Å². The first-order valence-electron chi connectivity index (χ1n) is 4.67. The molecule has 1 aromatic carbocycles. The summed E-state index contributed by atoms with van der Waals surface area (Å²) < 4.78 is 28.4. The highest BCUT2D eigenvalue weighted by atomic mass is 32.2. The Hall–Kier alpha value is -1.44. The van der Waals surface area contributed by atoms with Crippen LogP contribution >= 0.6 is 0 Å². The van der Waals surface area contributed by atoms with E-state index in [1.165, 1.54) is 14.2 Å². The van der Waals surface area contributed by atoms with E-state index in [2.05, 4.69) is 9.02 Å². The van der Waals surface area contributed by atoms with Crippen LogP contribution in [0.15, 0.2) is 18.2 Å². The van der Waals surface area contributed by atoms with Gasteiger partial charge in [0.25, 0.3) is 0 Å². The number of carbonyl (C=O) groups is 1. The quantitative estimate of drug-likeness (QED) is 0.499. The van der Waals surface area contributed by atoms with Crippen molar-refractivity contribution in [1.82, 2.24) is 0 Å². The van der Waals surface area contributed by atoms with Crippen LogP contribution in [0.2, 0.25) is 0 Å². The third kappa shape index (κ3) is 3.52. The van der Waals surface area contributed by atoms with E-state index in [0.29, 0.717) is 5.69 Å². The Morgan fingerprint density at radius 2 is 2.12 bits per heavy atom. The van der Waals surface area contributed by atoms with Crippen LogP contribution in [0.5, 0.6) is 0 Å². The molecular formula is C10H13NO5S. The molecule has 1 rings (SSSR count). The van der Waals surface area contributed by atoms with Gasteiger partial charge in [0.15, 0.2) is 0 Å². The number of methoxy groups -OCH3 is 1. The number of ether oxygens (including phenoxy) is 1. The summed E-state index contributed by atoms with van der Waals surface area (Å²) in [6, 6.07) is 4.95. The van der Waals surface area contributed by atoms with Crippen molar-refractivity contribution < 1.29 is 22.6 Å². The van der Waals surface area contributed by atoms with Crippen molar-refractivity contribution in [1.29, 1.82) is 0 Å². The highest BCUT2D eigenvalue weighted by molar-refractivity contribution is 7.74. The average Bonchev–Trinajstić information content (AvgIpc) is 2.27. The molecule has 1 aromatic rings. The number of esters is 1. The first-order chi connectivity index (χ1) is 7.95. The first kappa shape index (κ1) is 13.6. The van der Waals surface area contributed by atoms with Crippen molar-refractivity contribution in [3.63, 3.8) is 0 Å². The molecule has 0 heterocycles. The highest BCUT2D eigenvalue weighted by Crippen LogP contribution is 2.22. The van der Waals surface area contributed by atoms with Gasteiger partial charge in [0.2, 0.25) is 0 Å². The molecule has 0 fully saturated rings. The zero-order valence-corrected chi connectivity index (χ0v) is 10.5. The van der Waals surface area contributed by atoms with E-state index >= 15 is 0 Å². The Morgan fingerprint density at radius 3 is 2.65 bits per heavy atom. The number of hydrogen-bond acceptors (Lipinski definition) is 5. The predicted molar refractivity (Wildman–Crippen MR) is 62.8 cm³/mol. The predicted octanol–water partition coefficient (Wildman–Crippen LogP) is 1.29. The molecule has 6 nitrogen and oxygen atoms in total. The number of anilines is 1. The molecule has 1 N–H and O–H groups in total. The van der Waals surface area contributed by atoms with Gasteiger partial charge in [-0.25, -0.2) is 9.86 Å². The lowest BCUT2D eigenvalue weighted by molar-refractivity contribution is 0.0600. The Labute approximate surface area is 102 Å². The smallest absolute Gasteiger partial charge is 0.340 e. The molecule has 0 spiro atoms. The lowest BCUT2D eigenvalue weighted by Crippen LogP contribution is -2.22. The monoisotopic (exact) mass is 259 g/mol. The van der Waals surface area contributed by atoms with Gasteiger partial charge in [-0.05, 0) is 24.6 Å². The van der Waals surface area contributed by atoms with Gasteiger partial charge in [0.05, 0.1) is 18.4 Å². The maximum absolute atomic E-state index is 11.5. The number of hydroxylamine groups is 1. The third-order valence-electron chi connectivity index (χ3n) is 2.07. The molecule has 0 aromatic heterocycles. The van der Waals surface area contributed by atoms with E-state index in [1.807, 2.05) is 6.92 Å². The topological polar surface area (TPSA) is 76.1 Å². The molecule has 0 bridgehead atoms. The second-order valence-electron chi connectivity index (χ2n) is 3.30. The third-order valence-corrected chi connectivity index (χ3v) is 2.42. The Balaban J connectivity index is 3.14. The van der Waals surface area contributed by atoms with Gasteiger partial charge >= 0.3 is 17.3 Å². The van der Waals surface area contributed by atoms with E-state index in [0.717, 1.165) is 10.6 Å². The van der Waals surface area contributed by atoms with Crippen molar-refractivity contribution >= 4 is 23.0 Å². The molecule has 94 valence electrons. The minimum absolute atomic E-state index is 0.256. The van der Waals surface area contributed by atoms with Gasteiger partial charge in [-0.15, -0.1) is 4.28 Å². The molecule has 7 heteroatoms. The van der Waals surface area contributed by atoms with E-state index < -0.39 is 17.3 Å². The minimum Gasteiger partial charge on any atom is -0.465 e. The summed E-state index contributed by atoms with van der Waals surface area (Å²) in [5.74, 6) is -0.542. The Kier molecular flexibility index (Phi) is 4.62. The average molecular weight is 259 g/mol. The maximum atomic E-state index is 11.5. The number of hydrogen-bond donors (Lipinski definition) is 1. The molecule has 1 atom stereocenters. The lowest BCUT2D eigenvalue weighted by atomic mass is 10.1. The van der Waals surface area contributed by atoms with Crippen molar-refractivity contribution in [3.05, 3.63) is 29.3 Å². The van der Waals surface area contributed by atoms with E-state index in [9.17, 15) is 9.00 Å². The summed E-state index contributed by atoms with van der Waals surface area (Å²) >= 11 is -2.45. The number of rotatable bonds is 4. The summed E-state index contributed by atoms with van der Waals surface area (Å²) in [7, 11) is 2.69. The van der Waals surface area contributed by atoms with Gasteiger partial charge < -0.3 is 4.74 Å². The molecule has 0 saturated carbocycles. The minimum atomic E-state index is -2.45. The zero-order chi connectivity index (χ0) is 13.0. The Morgan fingerprint density at radius 1 is 1.47 bits per heavy atom. The van der Waals surface area contributed by atoms with Crippen LogP contribution in [0.4, 0.5) is 5.69 Å². The lowest BCUT2D eigenvalue weighted by Gasteiger charge is -2.18. The molecule has 17 heavy (non-hydrogen) atoms. The van der Waals surface area contributed by atoms with Crippen molar-refractivity contribution in [2.75, 3.05) is 19.2 Å². The van der Waals surface area contributed by atoms with Crippen LogP contribution in [-0.2, 0) is 20.4 Å². The molecule has 0 aliphatic heterocycles. The fourth-order valence-corrected chi connectivity index (χ4v) is 1.59. The summed E-state index contributed by atoms with van der Waals surface area (Å²) in [5, 5.41) is 1.05. The molecule has 0 radical (unpaired) electrons. The second-order valence-corrected chi connectivity index (χ2v) is 3.88. The summed E-state index contributed by atoms with van der Waals surface area (Å²) in [6.07, 6.45) is 0. The molecule has 1 unspecified atom stereocenters. The highest BCUT2D eigenvalue weighted by Gasteiger charge is 2.16. The van der Waals surface area contributed by atoms with Crippen LogP contribution in [0, 0.1) is 6.92 Å². The van der Waals surface area contributed by atoms with Crippen LogP contribution in [0.1, 0.15) is 15.9 Å². The molecule has 0 aliphatic carbocycles. The maximum Gasteiger partial charge on any atom is 0.340 e.